The van der Waals surface area contributed by atoms with Gasteiger partial charge in [-0.3, -0.25) is 4.79 Å². The van der Waals surface area contributed by atoms with Crippen molar-refractivity contribution in [1.82, 2.24) is 14.6 Å². The molecule has 0 bridgehead atoms. The van der Waals surface area contributed by atoms with Crippen LogP contribution >= 0.6 is 11.3 Å². The largest absolute Gasteiger partial charge is 0.337 e. The molecule has 3 aromatic rings. The Morgan fingerprint density at radius 1 is 1.50 bits per heavy atom. The summed E-state index contributed by atoms with van der Waals surface area (Å²) in [6, 6.07) is 5.95. The van der Waals surface area contributed by atoms with Gasteiger partial charge < -0.3 is 4.98 Å². The van der Waals surface area contributed by atoms with Crippen molar-refractivity contribution in [2.45, 2.75) is 19.8 Å². The van der Waals surface area contributed by atoms with E-state index in [4.69, 9.17) is 5.26 Å². The Hall–Kier alpha value is -2.39. The second-order valence-corrected chi connectivity index (χ2v) is 5.73. The first-order valence-electron chi connectivity index (χ1n) is 6.21. The number of fused-ring (bicyclic) bond motifs is 1. The molecule has 0 spiro atoms. The van der Waals surface area contributed by atoms with E-state index in [9.17, 15) is 4.79 Å². The van der Waals surface area contributed by atoms with E-state index in [1.807, 2.05) is 37.4 Å². The fraction of sp³-hybridized carbons (Fsp3) is 0.214. The highest BCUT2D eigenvalue weighted by Crippen LogP contribution is 2.29. The highest BCUT2D eigenvalue weighted by molar-refractivity contribution is 7.13. The normalized spacial score (nSPS) is 11.1. The van der Waals surface area contributed by atoms with Gasteiger partial charge in [0.05, 0.1) is 16.8 Å². The van der Waals surface area contributed by atoms with Gasteiger partial charge in [0.1, 0.15) is 11.6 Å². The minimum Gasteiger partial charge on any atom is -0.337 e. The second kappa shape index (κ2) is 4.62. The minimum absolute atomic E-state index is 0.0648. The maximum absolute atomic E-state index is 12.6. The minimum atomic E-state index is -0.168. The molecule has 0 aliphatic rings. The summed E-state index contributed by atoms with van der Waals surface area (Å²) in [7, 11) is 0. The Balaban J connectivity index is 2.46. The van der Waals surface area contributed by atoms with Crippen molar-refractivity contribution < 1.29 is 0 Å². The summed E-state index contributed by atoms with van der Waals surface area (Å²) in [6.07, 6.45) is 1.41. The lowest BCUT2D eigenvalue weighted by atomic mass is 10.0. The number of hydrogen-bond donors (Lipinski definition) is 1. The Labute approximate surface area is 119 Å². The van der Waals surface area contributed by atoms with E-state index >= 15 is 0 Å². The molecule has 3 aromatic heterocycles. The second-order valence-electron chi connectivity index (χ2n) is 4.78. The smallest absolute Gasteiger partial charge is 0.278 e. The van der Waals surface area contributed by atoms with Crippen molar-refractivity contribution in [2.24, 2.45) is 0 Å². The third-order valence-electron chi connectivity index (χ3n) is 3.17. The van der Waals surface area contributed by atoms with Crippen LogP contribution in [-0.4, -0.2) is 14.6 Å². The van der Waals surface area contributed by atoms with Gasteiger partial charge in [-0.15, -0.1) is 11.3 Å². The fourth-order valence-electron chi connectivity index (χ4n) is 2.26. The van der Waals surface area contributed by atoms with Crippen LogP contribution in [-0.2, 0) is 0 Å². The lowest BCUT2D eigenvalue weighted by molar-refractivity contribution is 0.798. The van der Waals surface area contributed by atoms with Crippen LogP contribution in [0.1, 0.15) is 30.9 Å². The maximum Gasteiger partial charge on any atom is 0.278 e. The zero-order chi connectivity index (χ0) is 14.3. The van der Waals surface area contributed by atoms with Crippen molar-refractivity contribution in [3.8, 4) is 16.6 Å². The Morgan fingerprint density at radius 2 is 2.30 bits per heavy atom. The van der Waals surface area contributed by atoms with Crippen LogP contribution < -0.4 is 5.56 Å². The lowest BCUT2D eigenvalue weighted by Crippen LogP contribution is -2.22. The fourth-order valence-corrected chi connectivity index (χ4v) is 3.00. The van der Waals surface area contributed by atoms with Gasteiger partial charge in [0.2, 0.25) is 0 Å². The molecular formula is C14H12N4OS. The van der Waals surface area contributed by atoms with Crippen LogP contribution in [0.5, 0.6) is 0 Å². The average Bonchev–Trinajstić information content (AvgIpc) is 3.07. The predicted octanol–water partition coefficient (Wildman–Crippen LogP) is 2.75. The Kier molecular flexibility index (Phi) is 2.92. The van der Waals surface area contributed by atoms with Crippen molar-refractivity contribution in [1.29, 1.82) is 5.26 Å². The number of aromatic amines is 1. The van der Waals surface area contributed by atoms with E-state index in [2.05, 4.69) is 10.1 Å². The van der Waals surface area contributed by atoms with Gasteiger partial charge in [-0.05, 0) is 17.4 Å². The first-order chi connectivity index (χ1) is 9.63. The number of H-pyrrole nitrogens is 1. The molecule has 0 aliphatic heterocycles. The first kappa shape index (κ1) is 12.6. The van der Waals surface area contributed by atoms with E-state index in [-0.39, 0.29) is 11.5 Å². The lowest BCUT2D eigenvalue weighted by Gasteiger charge is -2.11. The van der Waals surface area contributed by atoms with Gasteiger partial charge in [0.25, 0.3) is 5.56 Å². The number of nitriles is 1. The van der Waals surface area contributed by atoms with Gasteiger partial charge >= 0.3 is 0 Å². The van der Waals surface area contributed by atoms with Crippen LogP contribution in [0.15, 0.2) is 28.5 Å². The van der Waals surface area contributed by atoms with E-state index in [0.29, 0.717) is 16.8 Å². The zero-order valence-corrected chi connectivity index (χ0v) is 11.9. The molecule has 0 saturated heterocycles. The molecule has 0 aliphatic carbocycles. The summed E-state index contributed by atoms with van der Waals surface area (Å²) in [5, 5.41) is 15.1. The molecule has 5 nitrogen and oxygen atoms in total. The summed E-state index contributed by atoms with van der Waals surface area (Å²) < 4.78 is 1.27. The standard InChI is InChI=1S/C14H12N4OS/c1-8(2)11-12(10-4-3-5-20-10)17-13-9(6-15)7-16-18(13)14(11)19/h3-5,7-8,17H,1-2H3. The van der Waals surface area contributed by atoms with Crippen LogP contribution in [0.25, 0.3) is 16.2 Å². The molecule has 0 amide bonds. The molecule has 1 N–H and O–H groups in total. The predicted molar refractivity (Wildman–Crippen MR) is 77.9 cm³/mol. The SMILES string of the molecule is CC(C)c1c(-c2cccs2)[nH]c2c(C#N)cnn2c1=O. The van der Waals surface area contributed by atoms with Crippen molar-refractivity contribution >= 4 is 17.0 Å². The molecule has 0 unspecified atom stereocenters. The van der Waals surface area contributed by atoms with E-state index in [1.165, 1.54) is 10.7 Å². The van der Waals surface area contributed by atoms with Crippen molar-refractivity contribution in [3.63, 3.8) is 0 Å². The van der Waals surface area contributed by atoms with Gasteiger partial charge in [0, 0.05) is 5.56 Å². The van der Waals surface area contributed by atoms with Crippen LogP contribution in [0, 0.1) is 11.3 Å². The molecule has 0 fully saturated rings. The maximum atomic E-state index is 12.6. The molecule has 0 radical (unpaired) electrons. The van der Waals surface area contributed by atoms with Crippen molar-refractivity contribution in [2.75, 3.05) is 0 Å². The number of nitrogens with zero attached hydrogens (tertiary/aromatic N) is 3. The summed E-state index contributed by atoms with van der Waals surface area (Å²) in [6.45, 7) is 3.95. The number of rotatable bonds is 2. The van der Waals surface area contributed by atoms with Gasteiger partial charge in [-0.2, -0.15) is 14.9 Å². The first-order valence-corrected chi connectivity index (χ1v) is 7.09. The monoisotopic (exact) mass is 284 g/mol. The Bertz CT molecular complexity index is 865. The molecule has 0 saturated carbocycles. The van der Waals surface area contributed by atoms with Gasteiger partial charge in [0.15, 0.2) is 5.65 Å². The average molecular weight is 284 g/mol. The summed E-state index contributed by atoms with van der Waals surface area (Å²) >= 11 is 1.56. The molecule has 0 atom stereocenters. The molecule has 20 heavy (non-hydrogen) atoms. The van der Waals surface area contributed by atoms with E-state index in [1.54, 1.807) is 11.3 Å². The van der Waals surface area contributed by atoms with Crippen LogP contribution in [0.2, 0.25) is 0 Å². The van der Waals surface area contributed by atoms with E-state index in [0.717, 1.165) is 10.6 Å². The molecule has 3 heterocycles. The van der Waals surface area contributed by atoms with Crippen LogP contribution in [0.4, 0.5) is 0 Å². The molecule has 6 heteroatoms. The van der Waals surface area contributed by atoms with Crippen LogP contribution in [0.3, 0.4) is 0 Å². The molecule has 100 valence electrons. The summed E-state index contributed by atoms with van der Waals surface area (Å²) in [5.41, 5.74) is 2.12. The third-order valence-corrected chi connectivity index (χ3v) is 4.06. The molecule has 3 rings (SSSR count). The number of thiophene rings is 1. The van der Waals surface area contributed by atoms with Gasteiger partial charge in [-0.1, -0.05) is 19.9 Å². The van der Waals surface area contributed by atoms with E-state index < -0.39 is 0 Å². The zero-order valence-electron chi connectivity index (χ0n) is 11.0. The number of hydrogen-bond acceptors (Lipinski definition) is 4. The molecular weight excluding hydrogens is 272 g/mol. The highest BCUT2D eigenvalue weighted by atomic mass is 32.1. The number of nitrogens with one attached hydrogen (secondary N) is 1. The third kappa shape index (κ3) is 1.75. The summed E-state index contributed by atoms with van der Waals surface area (Å²) in [5.74, 6) is 0.0648. The molecule has 0 aromatic carbocycles. The summed E-state index contributed by atoms with van der Waals surface area (Å²) in [4.78, 5) is 16.8. The highest BCUT2D eigenvalue weighted by Gasteiger charge is 2.19. The Morgan fingerprint density at radius 3 is 2.90 bits per heavy atom. The quantitative estimate of drug-likeness (QED) is 0.786. The van der Waals surface area contributed by atoms with Crippen molar-refractivity contribution in [3.05, 3.63) is 45.2 Å². The van der Waals surface area contributed by atoms with Gasteiger partial charge in [-0.25, -0.2) is 0 Å². The topological polar surface area (TPSA) is 73.9 Å². The number of aromatic nitrogens is 3.